The van der Waals surface area contributed by atoms with Crippen LogP contribution in [-0.4, -0.2) is 28.9 Å². The molecule has 0 saturated heterocycles. The maximum atomic E-state index is 12.1. The van der Waals surface area contributed by atoms with Crippen LogP contribution in [0.1, 0.15) is 71.2 Å². The third kappa shape index (κ3) is 6.79. The third-order valence-corrected chi connectivity index (χ3v) is 3.56. The van der Waals surface area contributed by atoms with Crippen LogP contribution in [0.15, 0.2) is 18.3 Å². The third-order valence-electron chi connectivity index (χ3n) is 3.56. The van der Waals surface area contributed by atoms with Crippen LogP contribution in [0, 0.1) is 0 Å². The van der Waals surface area contributed by atoms with Gasteiger partial charge in [0, 0.05) is 18.2 Å². The van der Waals surface area contributed by atoms with Crippen molar-refractivity contribution < 1.29 is 14.3 Å². The maximum absolute atomic E-state index is 12.1. The highest BCUT2D eigenvalue weighted by Crippen LogP contribution is 2.24. The van der Waals surface area contributed by atoms with Crippen LogP contribution >= 0.6 is 0 Å². The number of ketones is 1. The molecule has 1 heterocycles. The van der Waals surface area contributed by atoms with Crippen LogP contribution in [0.5, 0.6) is 0 Å². The molecule has 1 unspecified atom stereocenters. The molecular formula is C19H30N2O3. The van der Waals surface area contributed by atoms with E-state index in [-0.39, 0.29) is 24.6 Å². The minimum absolute atomic E-state index is 0.0243. The van der Waals surface area contributed by atoms with E-state index in [4.69, 9.17) is 4.74 Å². The van der Waals surface area contributed by atoms with Crippen LogP contribution in [0.25, 0.3) is 0 Å². The number of carbonyl (C=O) groups excluding carboxylic acids is 2. The van der Waals surface area contributed by atoms with E-state index in [1.165, 1.54) is 0 Å². The van der Waals surface area contributed by atoms with Gasteiger partial charge in [0.05, 0.1) is 18.3 Å². The van der Waals surface area contributed by atoms with E-state index in [0.29, 0.717) is 0 Å². The van der Waals surface area contributed by atoms with Gasteiger partial charge in [0.1, 0.15) is 0 Å². The van der Waals surface area contributed by atoms with Crippen molar-refractivity contribution in [2.45, 2.75) is 71.9 Å². The zero-order chi connectivity index (χ0) is 18.2. The second kappa shape index (κ2) is 9.52. The smallest absolute Gasteiger partial charge is 0.374 e. The van der Waals surface area contributed by atoms with Gasteiger partial charge in [-0.2, -0.15) is 0 Å². The van der Waals surface area contributed by atoms with Crippen molar-refractivity contribution >= 4 is 11.8 Å². The molecule has 1 rings (SSSR count). The molecule has 0 bridgehead atoms. The molecule has 0 radical (unpaired) electrons. The average Bonchev–Trinajstić information content (AvgIpc) is 2.51. The number of hydrogen-bond acceptors (Lipinski definition) is 5. The lowest BCUT2D eigenvalue weighted by Crippen LogP contribution is -2.39. The molecule has 0 aliphatic carbocycles. The van der Waals surface area contributed by atoms with E-state index in [0.717, 1.165) is 30.5 Å². The summed E-state index contributed by atoms with van der Waals surface area (Å²) in [7, 11) is 0. The van der Waals surface area contributed by atoms with Gasteiger partial charge in [-0.25, -0.2) is 4.79 Å². The Balaban J connectivity index is 3.03. The monoisotopic (exact) mass is 334 g/mol. The van der Waals surface area contributed by atoms with Crippen molar-refractivity contribution in [3.63, 3.8) is 0 Å². The number of aromatic nitrogens is 1. The number of unbranched alkanes of at least 4 members (excludes halogenated alkanes) is 1. The molecular weight excluding hydrogens is 304 g/mol. The summed E-state index contributed by atoms with van der Waals surface area (Å²) in [6.07, 6.45) is 4.85. The first-order valence-corrected chi connectivity index (χ1v) is 8.70. The largest absolute Gasteiger partial charge is 0.460 e. The quantitative estimate of drug-likeness (QED) is 0.554. The van der Waals surface area contributed by atoms with Gasteiger partial charge in [-0.15, -0.1) is 0 Å². The first-order valence-electron chi connectivity index (χ1n) is 8.70. The van der Waals surface area contributed by atoms with Gasteiger partial charge in [-0.05, 0) is 45.7 Å². The first kappa shape index (κ1) is 20.3. The van der Waals surface area contributed by atoms with Gasteiger partial charge in [-0.3, -0.25) is 9.78 Å². The van der Waals surface area contributed by atoms with Gasteiger partial charge in [0.15, 0.2) is 0 Å². The van der Waals surface area contributed by atoms with E-state index < -0.39 is 11.8 Å². The van der Waals surface area contributed by atoms with Crippen molar-refractivity contribution in [3.05, 3.63) is 29.6 Å². The van der Waals surface area contributed by atoms with Crippen molar-refractivity contribution in [1.29, 1.82) is 0 Å². The number of Topliss-reactive ketones (excluding diaryl/α,β-unsaturated/α-hetero) is 1. The van der Waals surface area contributed by atoms with Crippen molar-refractivity contribution in [1.82, 2.24) is 10.3 Å². The van der Waals surface area contributed by atoms with Crippen molar-refractivity contribution in [2.75, 3.05) is 6.61 Å². The van der Waals surface area contributed by atoms with Gasteiger partial charge in [0.2, 0.25) is 5.78 Å². The molecule has 1 aromatic heterocycles. The van der Waals surface area contributed by atoms with Crippen LogP contribution in [0.2, 0.25) is 0 Å². The topological polar surface area (TPSA) is 68.3 Å². The highest BCUT2D eigenvalue weighted by molar-refractivity contribution is 6.34. The molecule has 0 aliphatic rings. The molecule has 0 amide bonds. The molecule has 0 aliphatic heterocycles. The minimum atomic E-state index is -0.777. The molecule has 24 heavy (non-hydrogen) atoms. The Bertz CT molecular complexity index is 550. The number of nitrogens with one attached hydrogen (secondary N) is 1. The molecule has 134 valence electrons. The molecule has 0 aromatic carbocycles. The molecule has 1 N–H and O–H groups in total. The summed E-state index contributed by atoms with van der Waals surface area (Å²) in [4.78, 5) is 28.2. The number of pyridine rings is 1. The highest BCUT2D eigenvalue weighted by Gasteiger charge is 2.24. The number of ether oxygens (including phenoxy) is 1. The Morgan fingerprint density at radius 1 is 1.29 bits per heavy atom. The predicted octanol–water partition coefficient (Wildman–Crippen LogP) is 3.38. The second-order valence-electron chi connectivity index (χ2n) is 6.96. The second-order valence-corrected chi connectivity index (χ2v) is 6.96. The summed E-state index contributed by atoms with van der Waals surface area (Å²) in [5.74, 6) is -1.31. The van der Waals surface area contributed by atoms with Crippen molar-refractivity contribution in [3.8, 4) is 0 Å². The van der Waals surface area contributed by atoms with Gasteiger partial charge in [-0.1, -0.05) is 25.8 Å². The van der Waals surface area contributed by atoms with Crippen LogP contribution in [0.4, 0.5) is 0 Å². The maximum Gasteiger partial charge on any atom is 0.374 e. The van der Waals surface area contributed by atoms with E-state index in [2.05, 4.69) is 38.0 Å². The van der Waals surface area contributed by atoms with E-state index in [9.17, 15) is 9.59 Å². The van der Waals surface area contributed by atoms with Crippen molar-refractivity contribution in [2.24, 2.45) is 0 Å². The summed E-state index contributed by atoms with van der Waals surface area (Å²) >= 11 is 0. The fraction of sp³-hybridized carbons (Fsp3) is 0.632. The van der Waals surface area contributed by atoms with E-state index >= 15 is 0 Å². The molecule has 5 nitrogen and oxygen atoms in total. The lowest BCUT2D eigenvalue weighted by Gasteiger charge is -2.29. The lowest BCUT2D eigenvalue weighted by atomic mass is 9.96. The highest BCUT2D eigenvalue weighted by atomic mass is 16.5. The SMILES string of the molecule is CCCCC(NC(C)(C)C)c1ncccc1CC(=O)C(=O)OCC. The van der Waals surface area contributed by atoms with Gasteiger partial charge >= 0.3 is 5.97 Å². The van der Waals surface area contributed by atoms with Gasteiger partial charge in [0.25, 0.3) is 0 Å². The summed E-state index contributed by atoms with van der Waals surface area (Å²) < 4.78 is 4.80. The van der Waals surface area contributed by atoms with Crippen LogP contribution < -0.4 is 5.32 Å². The molecule has 0 saturated carbocycles. The number of carbonyl (C=O) groups is 2. The summed E-state index contributed by atoms with van der Waals surface area (Å²) in [6, 6.07) is 3.71. The van der Waals surface area contributed by atoms with E-state index in [1.807, 2.05) is 6.07 Å². The Hall–Kier alpha value is -1.75. The molecule has 1 aromatic rings. The zero-order valence-corrected chi connectivity index (χ0v) is 15.5. The van der Waals surface area contributed by atoms with Crippen LogP contribution in [-0.2, 0) is 20.7 Å². The number of hydrogen-bond donors (Lipinski definition) is 1. The fourth-order valence-electron chi connectivity index (χ4n) is 2.58. The Kier molecular flexibility index (Phi) is 8.05. The fourth-order valence-corrected chi connectivity index (χ4v) is 2.58. The number of esters is 1. The predicted molar refractivity (Wildman–Crippen MR) is 94.7 cm³/mol. The molecule has 0 spiro atoms. The number of nitrogens with zero attached hydrogens (tertiary/aromatic N) is 1. The standard InChI is InChI=1S/C19H30N2O3/c1-6-8-11-15(21-19(3,4)5)17-14(10-9-12-20-17)13-16(22)18(23)24-7-2/h9-10,12,15,21H,6-8,11,13H2,1-5H3. The Morgan fingerprint density at radius 3 is 2.58 bits per heavy atom. The summed E-state index contributed by atoms with van der Waals surface area (Å²) in [5, 5.41) is 3.59. The lowest BCUT2D eigenvalue weighted by molar-refractivity contribution is -0.153. The Morgan fingerprint density at radius 2 is 2.00 bits per heavy atom. The number of rotatable bonds is 9. The van der Waals surface area contributed by atoms with E-state index in [1.54, 1.807) is 19.2 Å². The molecule has 0 fully saturated rings. The minimum Gasteiger partial charge on any atom is -0.460 e. The van der Waals surface area contributed by atoms with Gasteiger partial charge < -0.3 is 10.1 Å². The van der Waals surface area contributed by atoms with Crippen LogP contribution in [0.3, 0.4) is 0 Å². The average molecular weight is 334 g/mol. The first-order chi connectivity index (χ1) is 11.3. The summed E-state index contributed by atoms with van der Waals surface area (Å²) in [6.45, 7) is 10.4. The summed E-state index contributed by atoms with van der Waals surface area (Å²) in [5.41, 5.74) is 1.56. The molecule has 1 atom stereocenters. The zero-order valence-electron chi connectivity index (χ0n) is 15.5. The Labute approximate surface area is 145 Å². The molecule has 5 heteroatoms. The normalized spacial score (nSPS) is 12.7.